The van der Waals surface area contributed by atoms with Crippen molar-refractivity contribution in [3.8, 4) is 0 Å². The predicted octanol–water partition coefficient (Wildman–Crippen LogP) is 2.04. The summed E-state index contributed by atoms with van der Waals surface area (Å²) in [4.78, 5) is 0. The monoisotopic (exact) mass is 350 g/mol. The zero-order valence-electron chi connectivity index (χ0n) is 13.8. The summed E-state index contributed by atoms with van der Waals surface area (Å²) >= 11 is 0. The highest BCUT2D eigenvalue weighted by Crippen LogP contribution is 2.28. The van der Waals surface area contributed by atoms with Crippen LogP contribution in [0.1, 0.15) is 43.7 Å². The molecule has 2 N–H and O–H groups in total. The molecule has 130 valence electrons. The summed E-state index contributed by atoms with van der Waals surface area (Å²) in [5, 5.41) is 10.6. The van der Waals surface area contributed by atoms with Gasteiger partial charge in [0, 0.05) is 13.0 Å². The van der Waals surface area contributed by atoms with E-state index in [2.05, 4.69) is 20.2 Å². The van der Waals surface area contributed by atoms with Crippen LogP contribution >= 0.6 is 0 Å². The SMILES string of the molecule is CCc1nnc(C2CC(S(=O)(=O)Nc3ccccc3CC)CN2)o1. The first-order valence-corrected chi connectivity index (χ1v) is 9.73. The maximum atomic E-state index is 12.7. The Bertz CT molecular complexity index is 803. The van der Waals surface area contributed by atoms with Crippen molar-refractivity contribution in [3.05, 3.63) is 41.6 Å². The van der Waals surface area contributed by atoms with Crippen LogP contribution in [0.5, 0.6) is 0 Å². The van der Waals surface area contributed by atoms with Gasteiger partial charge in [0.2, 0.25) is 21.8 Å². The number of sulfonamides is 1. The maximum absolute atomic E-state index is 12.7. The van der Waals surface area contributed by atoms with Gasteiger partial charge in [0.05, 0.1) is 17.0 Å². The molecule has 24 heavy (non-hydrogen) atoms. The Morgan fingerprint density at radius 1 is 1.25 bits per heavy atom. The smallest absolute Gasteiger partial charge is 0.236 e. The van der Waals surface area contributed by atoms with E-state index in [0.717, 1.165) is 12.0 Å². The second-order valence-electron chi connectivity index (χ2n) is 5.86. The molecule has 0 spiro atoms. The van der Waals surface area contributed by atoms with Gasteiger partial charge in [-0.05, 0) is 24.5 Å². The van der Waals surface area contributed by atoms with E-state index in [1.807, 2.05) is 32.0 Å². The van der Waals surface area contributed by atoms with E-state index in [9.17, 15) is 8.42 Å². The van der Waals surface area contributed by atoms with Crippen LogP contribution in [0.15, 0.2) is 28.7 Å². The topological polar surface area (TPSA) is 97.1 Å². The van der Waals surface area contributed by atoms with Gasteiger partial charge in [0.25, 0.3) is 0 Å². The number of para-hydroxylation sites is 1. The molecule has 2 unspecified atom stereocenters. The number of nitrogens with zero attached hydrogens (tertiary/aromatic N) is 2. The van der Waals surface area contributed by atoms with Crippen molar-refractivity contribution in [2.24, 2.45) is 0 Å². The number of nitrogens with one attached hydrogen (secondary N) is 2. The molecule has 0 amide bonds. The lowest BCUT2D eigenvalue weighted by atomic mass is 10.1. The summed E-state index contributed by atoms with van der Waals surface area (Å²) in [6, 6.07) is 7.24. The summed E-state index contributed by atoms with van der Waals surface area (Å²) in [5.74, 6) is 1.02. The zero-order chi connectivity index (χ0) is 17.2. The molecule has 1 aliphatic rings. The quantitative estimate of drug-likeness (QED) is 0.827. The van der Waals surface area contributed by atoms with E-state index in [-0.39, 0.29) is 6.04 Å². The van der Waals surface area contributed by atoms with Gasteiger partial charge in [-0.1, -0.05) is 32.0 Å². The van der Waals surface area contributed by atoms with Gasteiger partial charge in [0.1, 0.15) is 0 Å². The second-order valence-corrected chi connectivity index (χ2v) is 7.82. The second kappa shape index (κ2) is 6.90. The average Bonchev–Trinajstić information content (AvgIpc) is 3.24. The fraction of sp³-hybridized carbons (Fsp3) is 0.500. The molecule has 0 radical (unpaired) electrons. The Balaban J connectivity index is 1.72. The molecule has 1 aliphatic heterocycles. The number of aryl methyl sites for hydroxylation is 2. The molecule has 3 rings (SSSR count). The number of benzene rings is 1. The predicted molar refractivity (Wildman–Crippen MR) is 91.2 cm³/mol. The normalized spacial score (nSPS) is 21.1. The van der Waals surface area contributed by atoms with Crippen LogP contribution in [-0.2, 0) is 22.9 Å². The minimum atomic E-state index is -3.49. The van der Waals surface area contributed by atoms with Crippen molar-refractivity contribution in [2.75, 3.05) is 11.3 Å². The van der Waals surface area contributed by atoms with Crippen LogP contribution < -0.4 is 10.0 Å². The van der Waals surface area contributed by atoms with Crippen molar-refractivity contribution in [1.82, 2.24) is 15.5 Å². The number of aromatic nitrogens is 2. The van der Waals surface area contributed by atoms with Crippen LogP contribution in [0, 0.1) is 0 Å². The molecule has 1 saturated heterocycles. The highest BCUT2D eigenvalue weighted by molar-refractivity contribution is 7.93. The molecule has 1 aromatic carbocycles. The van der Waals surface area contributed by atoms with Crippen LogP contribution in [0.4, 0.5) is 5.69 Å². The van der Waals surface area contributed by atoms with E-state index in [1.54, 1.807) is 6.07 Å². The molecule has 1 aromatic heterocycles. The van der Waals surface area contributed by atoms with Gasteiger partial charge >= 0.3 is 0 Å². The Hall–Kier alpha value is -1.93. The number of hydrogen-bond donors (Lipinski definition) is 2. The van der Waals surface area contributed by atoms with Crippen molar-refractivity contribution in [3.63, 3.8) is 0 Å². The first kappa shape index (κ1) is 16.9. The van der Waals surface area contributed by atoms with Gasteiger partial charge in [0.15, 0.2) is 0 Å². The third-order valence-electron chi connectivity index (χ3n) is 4.26. The number of anilines is 1. The van der Waals surface area contributed by atoms with E-state index in [0.29, 0.717) is 36.9 Å². The molecule has 1 fully saturated rings. The fourth-order valence-electron chi connectivity index (χ4n) is 2.84. The molecular formula is C16H22N4O3S. The molecule has 7 nitrogen and oxygen atoms in total. The summed E-state index contributed by atoms with van der Waals surface area (Å²) in [6.07, 6.45) is 1.85. The highest BCUT2D eigenvalue weighted by atomic mass is 32.2. The van der Waals surface area contributed by atoms with Crippen LogP contribution in [0.25, 0.3) is 0 Å². The lowest BCUT2D eigenvalue weighted by Crippen LogP contribution is -2.30. The van der Waals surface area contributed by atoms with E-state index >= 15 is 0 Å². The van der Waals surface area contributed by atoms with E-state index in [4.69, 9.17) is 4.42 Å². The Morgan fingerprint density at radius 3 is 2.75 bits per heavy atom. The van der Waals surface area contributed by atoms with Gasteiger partial charge in [-0.2, -0.15) is 0 Å². The summed E-state index contributed by atoms with van der Waals surface area (Å²) in [7, 11) is -3.49. The third-order valence-corrected chi connectivity index (χ3v) is 6.00. The van der Waals surface area contributed by atoms with Crippen molar-refractivity contribution >= 4 is 15.7 Å². The molecule has 0 bridgehead atoms. The molecule has 2 heterocycles. The van der Waals surface area contributed by atoms with Gasteiger partial charge < -0.3 is 9.73 Å². The average molecular weight is 350 g/mol. The zero-order valence-corrected chi connectivity index (χ0v) is 14.6. The third kappa shape index (κ3) is 3.44. The van der Waals surface area contributed by atoms with Gasteiger partial charge in [-0.15, -0.1) is 10.2 Å². The lowest BCUT2D eigenvalue weighted by Gasteiger charge is -2.15. The molecular weight excluding hydrogens is 328 g/mol. The standard InChI is InChI=1S/C16H22N4O3S/c1-3-11-7-5-6-8-13(11)20-24(21,22)12-9-14(17-10-12)16-19-18-15(4-2)23-16/h5-8,12,14,17,20H,3-4,9-10H2,1-2H3. The summed E-state index contributed by atoms with van der Waals surface area (Å²) in [6.45, 7) is 4.29. The minimum absolute atomic E-state index is 0.221. The maximum Gasteiger partial charge on any atom is 0.236 e. The fourth-order valence-corrected chi connectivity index (χ4v) is 4.28. The van der Waals surface area contributed by atoms with E-state index in [1.165, 1.54) is 0 Å². The van der Waals surface area contributed by atoms with Gasteiger partial charge in [-0.3, -0.25) is 4.72 Å². The van der Waals surface area contributed by atoms with Crippen molar-refractivity contribution < 1.29 is 12.8 Å². The molecule has 0 aliphatic carbocycles. The Morgan fingerprint density at radius 2 is 2.04 bits per heavy atom. The minimum Gasteiger partial charge on any atom is -0.424 e. The number of hydrogen-bond acceptors (Lipinski definition) is 6. The molecule has 2 atom stereocenters. The van der Waals surface area contributed by atoms with Crippen molar-refractivity contribution in [1.29, 1.82) is 0 Å². The van der Waals surface area contributed by atoms with Crippen LogP contribution in [0.3, 0.4) is 0 Å². The molecule has 2 aromatic rings. The van der Waals surface area contributed by atoms with Crippen molar-refractivity contribution in [2.45, 2.75) is 44.4 Å². The van der Waals surface area contributed by atoms with Crippen LogP contribution in [0.2, 0.25) is 0 Å². The van der Waals surface area contributed by atoms with Crippen LogP contribution in [-0.4, -0.2) is 30.4 Å². The largest absolute Gasteiger partial charge is 0.424 e. The first-order valence-electron chi connectivity index (χ1n) is 8.18. The lowest BCUT2D eigenvalue weighted by molar-refractivity contribution is 0.405. The highest BCUT2D eigenvalue weighted by Gasteiger charge is 2.37. The number of rotatable bonds is 6. The first-order chi connectivity index (χ1) is 11.5. The van der Waals surface area contributed by atoms with Gasteiger partial charge in [-0.25, -0.2) is 8.42 Å². The molecule has 0 saturated carbocycles. The summed E-state index contributed by atoms with van der Waals surface area (Å²) < 4.78 is 33.6. The summed E-state index contributed by atoms with van der Waals surface area (Å²) in [5.41, 5.74) is 1.63. The Kier molecular flexibility index (Phi) is 4.86. The van der Waals surface area contributed by atoms with E-state index < -0.39 is 15.3 Å². The Labute approximate surface area is 141 Å². The molecule has 8 heteroatoms.